The van der Waals surface area contributed by atoms with Crippen LogP contribution in [0.1, 0.15) is 19.4 Å². The first kappa shape index (κ1) is 18.8. The molecule has 29 heavy (non-hydrogen) atoms. The fourth-order valence-electron chi connectivity index (χ4n) is 3.32. The Morgan fingerprint density at radius 3 is 2.24 bits per heavy atom. The van der Waals surface area contributed by atoms with Gasteiger partial charge < -0.3 is 10.3 Å². The van der Waals surface area contributed by atoms with Crippen LogP contribution in [0, 0.1) is 0 Å². The molecule has 1 aromatic carbocycles. The average molecular weight is 385 g/mol. The van der Waals surface area contributed by atoms with E-state index in [2.05, 4.69) is 9.97 Å². The van der Waals surface area contributed by atoms with E-state index in [-0.39, 0.29) is 5.69 Å². The third-order valence-corrected chi connectivity index (χ3v) is 4.96. The Labute approximate surface area is 169 Å². The molecule has 0 aliphatic carbocycles. The molecule has 0 aliphatic rings. The Morgan fingerprint density at radius 1 is 0.931 bits per heavy atom. The van der Waals surface area contributed by atoms with Gasteiger partial charge in [0.2, 0.25) is 0 Å². The second kappa shape index (κ2) is 7.14. The van der Waals surface area contributed by atoms with Crippen LogP contribution in [0.5, 0.6) is 0 Å². The molecule has 4 aromatic rings. The second-order valence-corrected chi connectivity index (χ2v) is 7.68. The third kappa shape index (κ3) is 3.62. The molecule has 0 unspecified atom stereocenters. The van der Waals surface area contributed by atoms with Crippen molar-refractivity contribution in [2.24, 2.45) is 12.8 Å². The summed E-state index contributed by atoms with van der Waals surface area (Å²) in [5, 5.41) is 0. The zero-order valence-electron chi connectivity index (χ0n) is 16.7. The summed E-state index contributed by atoms with van der Waals surface area (Å²) < 4.78 is 3.24. The van der Waals surface area contributed by atoms with E-state index in [1.807, 2.05) is 68.6 Å². The summed E-state index contributed by atoms with van der Waals surface area (Å²) in [4.78, 5) is 21.5. The van der Waals surface area contributed by atoms with Crippen LogP contribution < -0.4 is 11.4 Å². The van der Waals surface area contributed by atoms with E-state index in [1.165, 1.54) is 0 Å². The van der Waals surface area contributed by atoms with Gasteiger partial charge in [0, 0.05) is 37.4 Å². The molecular weight excluding hydrogens is 362 g/mol. The van der Waals surface area contributed by atoms with Crippen LogP contribution >= 0.6 is 0 Å². The van der Waals surface area contributed by atoms with E-state index in [0.717, 1.165) is 33.8 Å². The van der Waals surface area contributed by atoms with Gasteiger partial charge in [0.05, 0.1) is 17.1 Å². The highest BCUT2D eigenvalue weighted by Crippen LogP contribution is 2.26. The lowest BCUT2D eigenvalue weighted by Gasteiger charge is -2.19. The molecule has 0 saturated heterocycles. The average Bonchev–Trinajstić information content (AvgIpc) is 3.03. The topological polar surface area (TPSA) is 78.7 Å². The molecule has 4 rings (SSSR count). The summed E-state index contributed by atoms with van der Waals surface area (Å²) in [6.45, 7) is 3.91. The normalized spacial score (nSPS) is 11.6. The second-order valence-electron chi connectivity index (χ2n) is 7.68. The number of hydrogen-bond acceptors (Lipinski definition) is 4. The molecule has 0 saturated carbocycles. The van der Waals surface area contributed by atoms with Crippen molar-refractivity contribution in [2.45, 2.75) is 19.4 Å². The first-order chi connectivity index (χ1) is 13.8. The molecule has 0 aliphatic heterocycles. The van der Waals surface area contributed by atoms with Crippen LogP contribution in [0.3, 0.4) is 0 Å². The van der Waals surface area contributed by atoms with Gasteiger partial charge in [-0.3, -0.25) is 14.5 Å². The minimum atomic E-state index is -0.441. The SMILES string of the molecule is Cn1cc(-c2cc(-c3ccncc3)ccn2)n(-c2ccc(C(C)(C)N)cc2)c1=O. The van der Waals surface area contributed by atoms with E-state index in [1.54, 1.807) is 34.8 Å². The molecule has 0 bridgehead atoms. The van der Waals surface area contributed by atoms with Crippen molar-refractivity contribution >= 4 is 0 Å². The number of nitrogens with two attached hydrogens (primary N) is 1. The van der Waals surface area contributed by atoms with Gasteiger partial charge in [-0.15, -0.1) is 0 Å². The largest absolute Gasteiger partial charge is 0.333 e. The first-order valence-corrected chi connectivity index (χ1v) is 9.39. The molecule has 6 heteroatoms. The standard InChI is InChI=1S/C23H23N5O/c1-23(2,24)18-4-6-19(7-5-18)28-21(15-27(3)22(28)29)20-14-17(10-13-26-20)16-8-11-25-12-9-16/h4-15H,24H2,1-3H3. The highest BCUT2D eigenvalue weighted by atomic mass is 16.1. The summed E-state index contributed by atoms with van der Waals surface area (Å²) in [5.74, 6) is 0. The van der Waals surface area contributed by atoms with Crippen molar-refractivity contribution in [3.63, 3.8) is 0 Å². The Kier molecular flexibility index (Phi) is 4.64. The van der Waals surface area contributed by atoms with Crippen LogP contribution in [0.25, 0.3) is 28.2 Å². The molecule has 0 spiro atoms. The van der Waals surface area contributed by atoms with Crippen LogP contribution in [-0.4, -0.2) is 19.1 Å². The summed E-state index contributed by atoms with van der Waals surface area (Å²) in [5.41, 5.74) is 10.9. The summed E-state index contributed by atoms with van der Waals surface area (Å²) in [6, 6.07) is 15.6. The van der Waals surface area contributed by atoms with Crippen molar-refractivity contribution in [3.8, 4) is 28.2 Å². The number of nitrogens with zero attached hydrogens (tertiary/aromatic N) is 4. The maximum Gasteiger partial charge on any atom is 0.333 e. The van der Waals surface area contributed by atoms with Gasteiger partial charge in [-0.25, -0.2) is 4.79 Å². The maximum atomic E-state index is 12.9. The molecule has 3 aromatic heterocycles. The number of benzene rings is 1. The van der Waals surface area contributed by atoms with Gasteiger partial charge in [0.1, 0.15) is 0 Å². The smallest absolute Gasteiger partial charge is 0.322 e. The highest BCUT2D eigenvalue weighted by Gasteiger charge is 2.17. The van der Waals surface area contributed by atoms with Crippen molar-refractivity contribution < 1.29 is 0 Å². The Hall–Kier alpha value is -3.51. The van der Waals surface area contributed by atoms with Gasteiger partial charge >= 0.3 is 5.69 Å². The Balaban J connectivity index is 1.83. The van der Waals surface area contributed by atoms with Gasteiger partial charge in [0.25, 0.3) is 0 Å². The molecule has 0 atom stereocenters. The fraction of sp³-hybridized carbons (Fsp3) is 0.174. The molecule has 6 nitrogen and oxygen atoms in total. The van der Waals surface area contributed by atoms with Crippen molar-refractivity contribution in [3.05, 3.63) is 89.4 Å². The third-order valence-electron chi connectivity index (χ3n) is 4.96. The zero-order valence-corrected chi connectivity index (χ0v) is 16.7. The number of imidazole rings is 1. The number of rotatable bonds is 4. The Morgan fingerprint density at radius 2 is 1.59 bits per heavy atom. The van der Waals surface area contributed by atoms with Crippen LogP contribution in [0.4, 0.5) is 0 Å². The molecule has 0 radical (unpaired) electrons. The van der Waals surface area contributed by atoms with E-state index in [0.29, 0.717) is 0 Å². The van der Waals surface area contributed by atoms with Gasteiger partial charge in [-0.2, -0.15) is 0 Å². The molecule has 0 fully saturated rings. The van der Waals surface area contributed by atoms with Gasteiger partial charge in [-0.1, -0.05) is 12.1 Å². The minimum Gasteiger partial charge on any atom is -0.322 e. The monoisotopic (exact) mass is 385 g/mol. The lowest BCUT2D eigenvalue weighted by atomic mass is 9.95. The van der Waals surface area contributed by atoms with E-state index < -0.39 is 5.54 Å². The minimum absolute atomic E-state index is 0.129. The van der Waals surface area contributed by atoms with Gasteiger partial charge in [0.15, 0.2) is 0 Å². The number of hydrogen-bond donors (Lipinski definition) is 1. The number of aromatic nitrogens is 4. The fourth-order valence-corrected chi connectivity index (χ4v) is 3.32. The number of pyridine rings is 2. The van der Waals surface area contributed by atoms with E-state index >= 15 is 0 Å². The first-order valence-electron chi connectivity index (χ1n) is 9.39. The summed E-state index contributed by atoms with van der Waals surface area (Å²) in [6.07, 6.45) is 7.08. The lowest BCUT2D eigenvalue weighted by molar-refractivity contribution is 0.554. The Bertz CT molecular complexity index is 1200. The molecule has 146 valence electrons. The lowest BCUT2D eigenvalue weighted by Crippen LogP contribution is -2.28. The van der Waals surface area contributed by atoms with Crippen molar-refractivity contribution in [2.75, 3.05) is 0 Å². The predicted molar refractivity (Wildman–Crippen MR) is 115 cm³/mol. The summed E-state index contributed by atoms with van der Waals surface area (Å²) in [7, 11) is 1.74. The zero-order chi connectivity index (χ0) is 20.6. The predicted octanol–water partition coefficient (Wildman–Crippen LogP) is 3.49. The molecule has 3 heterocycles. The highest BCUT2D eigenvalue weighted by molar-refractivity contribution is 5.69. The van der Waals surface area contributed by atoms with Crippen molar-refractivity contribution in [1.82, 2.24) is 19.1 Å². The van der Waals surface area contributed by atoms with Crippen LogP contribution in [-0.2, 0) is 12.6 Å². The molecular formula is C23H23N5O. The molecule has 2 N–H and O–H groups in total. The molecule has 0 amide bonds. The van der Waals surface area contributed by atoms with Crippen LogP contribution in [0.15, 0.2) is 78.1 Å². The quantitative estimate of drug-likeness (QED) is 0.583. The maximum absolute atomic E-state index is 12.9. The van der Waals surface area contributed by atoms with Crippen LogP contribution in [0.2, 0.25) is 0 Å². The summed E-state index contributed by atoms with van der Waals surface area (Å²) >= 11 is 0. The van der Waals surface area contributed by atoms with Gasteiger partial charge in [-0.05, 0) is 66.9 Å². The van der Waals surface area contributed by atoms with E-state index in [9.17, 15) is 4.79 Å². The number of aryl methyl sites for hydroxylation is 1. The van der Waals surface area contributed by atoms with Crippen molar-refractivity contribution in [1.29, 1.82) is 0 Å². The van der Waals surface area contributed by atoms with E-state index in [4.69, 9.17) is 5.73 Å².